The lowest BCUT2D eigenvalue weighted by molar-refractivity contribution is 0.0951. The maximum atomic E-state index is 12.8. The Morgan fingerprint density at radius 3 is 2.57 bits per heavy atom. The fourth-order valence-corrected chi connectivity index (χ4v) is 1.81. The number of rotatable bonds is 3. The number of aliphatic hydroxyl groups is 1. The van der Waals surface area contributed by atoms with Crippen molar-refractivity contribution in [3.05, 3.63) is 71.0 Å². The van der Waals surface area contributed by atoms with Crippen LogP contribution in [-0.4, -0.2) is 17.6 Å². The van der Waals surface area contributed by atoms with E-state index in [2.05, 4.69) is 17.2 Å². The molecule has 1 amide bonds. The molecule has 0 atom stereocenters. The molecule has 106 valence electrons. The van der Waals surface area contributed by atoms with E-state index in [0.717, 1.165) is 11.1 Å². The Morgan fingerprint density at radius 2 is 1.86 bits per heavy atom. The van der Waals surface area contributed by atoms with Crippen LogP contribution in [0.5, 0.6) is 0 Å². The van der Waals surface area contributed by atoms with E-state index in [4.69, 9.17) is 5.11 Å². The quantitative estimate of drug-likeness (QED) is 0.848. The lowest BCUT2D eigenvalue weighted by atomic mass is 10.1. The van der Waals surface area contributed by atoms with Crippen LogP contribution in [0.25, 0.3) is 0 Å². The number of benzene rings is 2. The van der Waals surface area contributed by atoms with Crippen molar-refractivity contribution in [1.29, 1.82) is 0 Å². The summed E-state index contributed by atoms with van der Waals surface area (Å²) in [6.45, 7) is 0.1000. The Hall–Kier alpha value is -2.64. The molecule has 2 aromatic carbocycles. The molecule has 0 aliphatic carbocycles. The van der Waals surface area contributed by atoms with Crippen molar-refractivity contribution in [3.63, 3.8) is 0 Å². The van der Waals surface area contributed by atoms with Crippen LogP contribution in [0.3, 0.4) is 0 Å². The number of amides is 1. The first-order valence-corrected chi connectivity index (χ1v) is 6.42. The first-order chi connectivity index (χ1) is 10.2. The normalized spacial score (nSPS) is 9.62. The molecule has 0 aromatic heterocycles. The minimum absolute atomic E-state index is 0.212. The predicted molar refractivity (Wildman–Crippen MR) is 78.0 cm³/mol. The number of hydrogen-bond acceptors (Lipinski definition) is 2. The summed E-state index contributed by atoms with van der Waals surface area (Å²) in [4.78, 5) is 11.9. The highest BCUT2D eigenvalue weighted by atomic mass is 19.1. The standard InChI is InChI=1S/C17H14FNO2/c18-16-9-7-14(8-10-16)17(21)19-12-15-5-2-1-4-13(15)6-3-11-20/h1-2,4-5,7-10,20H,11-12H2,(H,19,21). The molecular weight excluding hydrogens is 269 g/mol. The van der Waals surface area contributed by atoms with E-state index in [-0.39, 0.29) is 18.3 Å². The third-order valence-electron chi connectivity index (χ3n) is 2.87. The van der Waals surface area contributed by atoms with E-state index in [1.165, 1.54) is 24.3 Å². The average Bonchev–Trinajstić information content (AvgIpc) is 2.52. The highest BCUT2D eigenvalue weighted by molar-refractivity contribution is 5.94. The molecule has 0 unspecified atom stereocenters. The lowest BCUT2D eigenvalue weighted by Gasteiger charge is -2.07. The van der Waals surface area contributed by atoms with Gasteiger partial charge in [-0.1, -0.05) is 30.0 Å². The van der Waals surface area contributed by atoms with Gasteiger partial charge in [0, 0.05) is 17.7 Å². The first kappa shape index (κ1) is 14.8. The summed E-state index contributed by atoms with van der Waals surface area (Å²) in [5, 5.41) is 11.5. The summed E-state index contributed by atoms with van der Waals surface area (Å²) in [7, 11) is 0. The van der Waals surface area contributed by atoms with Crippen LogP contribution >= 0.6 is 0 Å². The molecule has 0 aliphatic heterocycles. The Balaban J connectivity index is 2.06. The van der Waals surface area contributed by atoms with E-state index in [0.29, 0.717) is 12.1 Å². The predicted octanol–water partition coefficient (Wildman–Crippen LogP) is 2.10. The Labute approximate surface area is 122 Å². The van der Waals surface area contributed by atoms with Gasteiger partial charge in [0.15, 0.2) is 0 Å². The molecule has 0 fully saturated rings. The fourth-order valence-electron chi connectivity index (χ4n) is 1.81. The van der Waals surface area contributed by atoms with Gasteiger partial charge in [-0.3, -0.25) is 4.79 Å². The van der Waals surface area contributed by atoms with Crippen LogP contribution in [0.2, 0.25) is 0 Å². The SMILES string of the molecule is O=C(NCc1ccccc1C#CCO)c1ccc(F)cc1. The fraction of sp³-hybridized carbons (Fsp3) is 0.118. The smallest absolute Gasteiger partial charge is 0.251 e. The number of carbonyl (C=O) groups is 1. The average molecular weight is 283 g/mol. The van der Waals surface area contributed by atoms with E-state index in [1.54, 1.807) is 0 Å². The zero-order valence-corrected chi connectivity index (χ0v) is 11.3. The van der Waals surface area contributed by atoms with Gasteiger partial charge in [-0.25, -0.2) is 4.39 Å². The van der Waals surface area contributed by atoms with Gasteiger partial charge in [-0.2, -0.15) is 0 Å². The van der Waals surface area contributed by atoms with Gasteiger partial charge in [0.1, 0.15) is 12.4 Å². The Morgan fingerprint density at radius 1 is 1.14 bits per heavy atom. The van der Waals surface area contributed by atoms with Crippen LogP contribution in [0.15, 0.2) is 48.5 Å². The Kier molecular flexibility index (Phi) is 5.08. The van der Waals surface area contributed by atoms with Crippen LogP contribution < -0.4 is 5.32 Å². The van der Waals surface area contributed by atoms with Crippen molar-refractivity contribution >= 4 is 5.91 Å². The topological polar surface area (TPSA) is 49.3 Å². The van der Waals surface area contributed by atoms with Gasteiger partial charge in [0.05, 0.1) is 0 Å². The maximum absolute atomic E-state index is 12.8. The summed E-state index contributed by atoms with van der Waals surface area (Å²) < 4.78 is 12.8. The first-order valence-electron chi connectivity index (χ1n) is 6.42. The molecule has 2 aromatic rings. The van der Waals surface area contributed by atoms with Gasteiger partial charge in [-0.15, -0.1) is 0 Å². The molecular formula is C17H14FNO2. The zero-order valence-electron chi connectivity index (χ0n) is 11.3. The summed E-state index contributed by atoms with van der Waals surface area (Å²) in [6, 6.07) is 12.7. The van der Waals surface area contributed by atoms with Crippen molar-refractivity contribution in [1.82, 2.24) is 5.32 Å². The molecule has 4 heteroatoms. The maximum Gasteiger partial charge on any atom is 0.251 e. The lowest BCUT2D eigenvalue weighted by Crippen LogP contribution is -2.23. The second-order valence-corrected chi connectivity index (χ2v) is 4.31. The van der Waals surface area contributed by atoms with Gasteiger partial charge in [0.25, 0.3) is 5.91 Å². The number of nitrogens with one attached hydrogen (secondary N) is 1. The van der Waals surface area contributed by atoms with E-state index in [1.807, 2.05) is 24.3 Å². The van der Waals surface area contributed by atoms with Crippen LogP contribution in [-0.2, 0) is 6.54 Å². The van der Waals surface area contributed by atoms with Gasteiger partial charge >= 0.3 is 0 Å². The zero-order chi connectivity index (χ0) is 15.1. The highest BCUT2D eigenvalue weighted by Gasteiger charge is 2.06. The molecule has 0 spiro atoms. The van der Waals surface area contributed by atoms with Crippen molar-refractivity contribution < 1.29 is 14.3 Å². The molecule has 2 N–H and O–H groups in total. The second-order valence-electron chi connectivity index (χ2n) is 4.31. The third kappa shape index (κ3) is 4.16. The molecule has 0 saturated carbocycles. The van der Waals surface area contributed by atoms with Crippen molar-refractivity contribution in [2.45, 2.75) is 6.54 Å². The van der Waals surface area contributed by atoms with E-state index < -0.39 is 0 Å². The summed E-state index contributed by atoms with van der Waals surface area (Å²) in [5.41, 5.74) is 2.01. The summed E-state index contributed by atoms with van der Waals surface area (Å²) in [5.74, 6) is 4.76. The number of carbonyl (C=O) groups excluding carboxylic acids is 1. The molecule has 0 aliphatic rings. The van der Waals surface area contributed by atoms with E-state index >= 15 is 0 Å². The molecule has 3 nitrogen and oxygen atoms in total. The van der Waals surface area contributed by atoms with Gasteiger partial charge in [-0.05, 0) is 35.9 Å². The molecule has 2 rings (SSSR count). The minimum atomic E-state index is -0.379. The Bertz CT molecular complexity index is 684. The molecule has 0 radical (unpaired) electrons. The molecule has 21 heavy (non-hydrogen) atoms. The van der Waals surface area contributed by atoms with Crippen molar-refractivity contribution in [3.8, 4) is 11.8 Å². The summed E-state index contributed by atoms with van der Waals surface area (Å²) >= 11 is 0. The van der Waals surface area contributed by atoms with Gasteiger partial charge in [0.2, 0.25) is 0 Å². The molecule has 0 bridgehead atoms. The molecule has 0 saturated heterocycles. The van der Waals surface area contributed by atoms with Crippen LogP contribution in [0, 0.1) is 17.7 Å². The summed E-state index contributed by atoms with van der Waals surface area (Å²) in [6.07, 6.45) is 0. The molecule has 0 heterocycles. The van der Waals surface area contributed by atoms with Crippen molar-refractivity contribution in [2.75, 3.05) is 6.61 Å². The third-order valence-corrected chi connectivity index (χ3v) is 2.87. The van der Waals surface area contributed by atoms with E-state index in [9.17, 15) is 9.18 Å². The largest absolute Gasteiger partial charge is 0.384 e. The van der Waals surface area contributed by atoms with Gasteiger partial charge < -0.3 is 10.4 Å². The second kappa shape index (κ2) is 7.22. The monoisotopic (exact) mass is 283 g/mol. The number of halogens is 1. The minimum Gasteiger partial charge on any atom is -0.384 e. The van der Waals surface area contributed by atoms with Crippen LogP contribution in [0.1, 0.15) is 21.5 Å². The van der Waals surface area contributed by atoms with Crippen LogP contribution in [0.4, 0.5) is 4.39 Å². The highest BCUT2D eigenvalue weighted by Crippen LogP contribution is 2.08. The number of hydrogen-bond donors (Lipinski definition) is 2. The number of aliphatic hydroxyl groups excluding tert-OH is 1. The van der Waals surface area contributed by atoms with Crippen molar-refractivity contribution in [2.24, 2.45) is 0 Å².